The van der Waals surface area contributed by atoms with E-state index in [0.29, 0.717) is 29.6 Å². The van der Waals surface area contributed by atoms with E-state index in [4.69, 9.17) is 25.8 Å². The number of unbranched alkanes of at least 4 members (excludes halogenated alkanes) is 4. The second-order valence-electron chi connectivity index (χ2n) is 8.02. The van der Waals surface area contributed by atoms with Gasteiger partial charge >= 0.3 is 0 Å². The number of carbonyl (C=O) groups excluding carboxylic acids is 1. The first-order valence-corrected chi connectivity index (χ1v) is 12.2. The maximum atomic E-state index is 12.6. The van der Waals surface area contributed by atoms with Gasteiger partial charge in [-0.3, -0.25) is 4.79 Å². The number of alkyl halides is 1. The van der Waals surface area contributed by atoms with E-state index in [1.54, 1.807) is 24.3 Å². The van der Waals surface area contributed by atoms with Crippen molar-refractivity contribution in [2.45, 2.75) is 38.2 Å². The van der Waals surface area contributed by atoms with Crippen LogP contribution in [0, 0.1) is 0 Å². The van der Waals surface area contributed by atoms with Crippen LogP contribution in [0.2, 0.25) is 0 Å². The minimum Gasteiger partial charge on any atom is -0.494 e. The fourth-order valence-corrected chi connectivity index (χ4v) is 3.75. The molecule has 1 unspecified atom stereocenters. The largest absolute Gasteiger partial charge is 0.494 e. The van der Waals surface area contributed by atoms with Gasteiger partial charge in [-0.2, -0.15) is 5.21 Å². The number of hydrogen-bond donors (Lipinski definition) is 2. The molecule has 184 valence electrons. The minimum atomic E-state index is -0.522. The summed E-state index contributed by atoms with van der Waals surface area (Å²) in [5, 5.41) is 16.7. The van der Waals surface area contributed by atoms with E-state index in [-0.39, 0.29) is 12.5 Å². The second-order valence-corrected chi connectivity index (χ2v) is 8.40. The average Bonchev–Trinajstić information content (AvgIpc) is 3.43. The van der Waals surface area contributed by atoms with Gasteiger partial charge in [-0.15, -0.1) is 21.8 Å². The van der Waals surface area contributed by atoms with Gasteiger partial charge in [0.15, 0.2) is 17.6 Å². The van der Waals surface area contributed by atoms with E-state index < -0.39 is 6.10 Å². The van der Waals surface area contributed by atoms with Crippen LogP contribution in [0.3, 0.4) is 0 Å². The Balaban J connectivity index is 1.27. The number of benzene rings is 2. The number of nitrogens with zero attached hydrogens (tertiary/aromatic N) is 3. The third-order valence-corrected chi connectivity index (χ3v) is 5.66. The van der Waals surface area contributed by atoms with Crippen LogP contribution in [0.4, 0.5) is 5.69 Å². The first kappa shape index (κ1) is 24.5. The Morgan fingerprint density at radius 2 is 1.97 bits per heavy atom. The Morgan fingerprint density at radius 1 is 1.14 bits per heavy atom. The molecule has 35 heavy (non-hydrogen) atoms. The highest BCUT2D eigenvalue weighted by molar-refractivity contribution is 6.17. The molecule has 0 radical (unpaired) electrons. The van der Waals surface area contributed by atoms with Crippen molar-refractivity contribution in [1.82, 2.24) is 20.6 Å². The van der Waals surface area contributed by atoms with Crippen LogP contribution in [-0.2, 0) is 4.79 Å². The molecule has 1 amide bonds. The van der Waals surface area contributed by atoms with Gasteiger partial charge in [-0.25, -0.2) is 0 Å². The molecule has 1 aliphatic heterocycles. The molecule has 0 bridgehead atoms. The first-order chi connectivity index (χ1) is 17.2. The van der Waals surface area contributed by atoms with Gasteiger partial charge < -0.3 is 19.5 Å². The molecule has 1 aromatic heterocycles. The number of H-pyrrole nitrogens is 1. The normalized spacial score (nSPS) is 14.7. The van der Waals surface area contributed by atoms with Crippen LogP contribution >= 0.6 is 11.6 Å². The Kier molecular flexibility index (Phi) is 8.94. The Morgan fingerprint density at radius 3 is 2.77 bits per heavy atom. The van der Waals surface area contributed by atoms with Crippen LogP contribution in [0.15, 0.2) is 48.5 Å². The van der Waals surface area contributed by atoms with Crippen molar-refractivity contribution < 1.29 is 19.0 Å². The molecule has 0 spiro atoms. The number of tetrazole rings is 1. The van der Waals surface area contributed by atoms with Crippen LogP contribution in [0.25, 0.3) is 6.08 Å². The van der Waals surface area contributed by atoms with E-state index in [1.165, 1.54) is 18.9 Å². The monoisotopic (exact) mass is 497 g/mol. The minimum absolute atomic E-state index is 0.248. The van der Waals surface area contributed by atoms with E-state index in [0.717, 1.165) is 36.5 Å². The lowest BCUT2D eigenvalue weighted by Crippen LogP contribution is -2.24. The molecule has 1 aliphatic rings. The first-order valence-electron chi connectivity index (χ1n) is 11.7. The lowest BCUT2D eigenvalue weighted by molar-refractivity contribution is -0.111. The quantitative estimate of drug-likeness (QED) is 0.207. The topological polar surface area (TPSA) is 111 Å². The molecule has 0 aliphatic carbocycles. The number of amides is 1. The van der Waals surface area contributed by atoms with Crippen LogP contribution in [0.1, 0.15) is 49.6 Å². The third kappa shape index (κ3) is 7.19. The number of anilines is 1. The van der Waals surface area contributed by atoms with Crippen LogP contribution in [0.5, 0.6) is 17.2 Å². The lowest BCUT2D eigenvalue weighted by Gasteiger charge is -2.26. The van der Waals surface area contributed by atoms with Crippen molar-refractivity contribution in [1.29, 1.82) is 0 Å². The Bertz CT molecular complexity index is 1110. The molecule has 3 aromatic rings. The number of ether oxygens (including phenoxy) is 3. The summed E-state index contributed by atoms with van der Waals surface area (Å²) in [7, 11) is 0. The van der Waals surface area contributed by atoms with Gasteiger partial charge in [-0.05, 0) is 48.7 Å². The predicted octanol–water partition coefficient (Wildman–Crippen LogP) is 4.93. The molecule has 1 atom stereocenters. The van der Waals surface area contributed by atoms with Gasteiger partial charge in [0.1, 0.15) is 12.4 Å². The molecular formula is C25H28ClN5O4. The molecular weight excluding hydrogens is 470 g/mol. The fraction of sp³-hybridized carbons (Fsp3) is 0.360. The summed E-state index contributed by atoms with van der Waals surface area (Å²) >= 11 is 5.69. The average molecular weight is 498 g/mol. The molecule has 2 aromatic carbocycles. The van der Waals surface area contributed by atoms with E-state index in [1.807, 2.05) is 24.3 Å². The number of para-hydroxylation sites is 1. The number of aromatic amines is 1. The fourth-order valence-electron chi connectivity index (χ4n) is 3.56. The van der Waals surface area contributed by atoms with Gasteiger partial charge in [0, 0.05) is 12.0 Å². The summed E-state index contributed by atoms with van der Waals surface area (Å²) in [6.07, 6.45) is 8.30. The van der Waals surface area contributed by atoms with Gasteiger partial charge in [0.25, 0.3) is 0 Å². The van der Waals surface area contributed by atoms with Crippen molar-refractivity contribution in [3.05, 3.63) is 59.9 Å². The maximum absolute atomic E-state index is 12.6. The lowest BCUT2D eigenvalue weighted by atomic mass is 10.1. The predicted molar refractivity (Wildman–Crippen MR) is 133 cm³/mol. The smallest absolute Gasteiger partial charge is 0.248 e. The van der Waals surface area contributed by atoms with Crippen LogP contribution < -0.4 is 19.5 Å². The number of halogens is 1. The van der Waals surface area contributed by atoms with Crippen molar-refractivity contribution in [3.63, 3.8) is 0 Å². The number of carbonyl (C=O) groups is 1. The summed E-state index contributed by atoms with van der Waals surface area (Å²) in [6, 6.07) is 12.9. The summed E-state index contributed by atoms with van der Waals surface area (Å²) in [6.45, 7) is 0.942. The van der Waals surface area contributed by atoms with E-state index >= 15 is 0 Å². The number of fused-ring (bicyclic) bond motifs is 1. The Labute approximate surface area is 208 Å². The van der Waals surface area contributed by atoms with E-state index in [2.05, 4.69) is 25.9 Å². The standard InChI is InChI=1S/C25H28ClN5O4/c26-15-4-2-1-3-5-16-33-19-12-9-18(10-13-19)11-14-23(32)27-20-7-6-8-21-24(20)35-22(17-34-21)25-28-30-31-29-25/h6-14,22H,1-5,15-17H2,(H,27,32)(H,28,29,30,31)/b14-11+. The van der Waals surface area contributed by atoms with Crippen molar-refractivity contribution in [2.24, 2.45) is 0 Å². The number of rotatable bonds is 12. The zero-order valence-corrected chi connectivity index (χ0v) is 20.0. The number of aromatic nitrogens is 4. The van der Waals surface area contributed by atoms with E-state index in [9.17, 15) is 4.79 Å². The molecule has 0 fully saturated rings. The molecule has 2 heterocycles. The highest BCUT2D eigenvalue weighted by atomic mass is 35.5. The van der Waals surface area contributed by atoms with Crippen molar-refractivity contribution in [3.8, 4) is 17.2 Å². The summed E-state index contributed by atoms with van der Waals surface area (Å²) in [5.41, 5.74) is 1.39. The molecule has 4 rings (SSSR count). The SMILES string of the molecule is O=C(/C=C/c1ccc(OCCCCCCCCl)cc1)Nc1cccc2c1OC(c1nn[nH]n1)CO2. The highest BCUT2D eigenvalue weighted by Gasteiger charge is 2.28. The van der Waals surface area contributed by atoms with Crippen LogP contribution in [-0.4, -0.2) is 45.6 Å². The summed E-state index contributed by atoms with van der Waals surface area (Å²) < 4.78 is 17.5. The third-order valence-electron chi connectivity index (χ3n) is 5.39. The molecule has 0 saturated carbocycles. The summed E-state index contributed by atoms with van der Waals surface area (Å²) in [5.74, 6) is 2.61. The molecule has 2 N–H and O–H groups in total. The zero-order valence-electron chi connectivity index (χ0n) is 19.3. The van der Waals surface area contributed by atoms with Gasteiger partial charge in [0.05, 0.1) is 12.3 Å². The zero-order chi connectivity index (χ0) is 24.3. The second kappa shape index (κ2) is 12.8. The van der Waals surface area contributed by atoms with Gasteiger partial charge in [-0.1, -0.05) is 42.7 Å². The Hall–Kier alpha value is -3.59. The molecule has 0 saturated heterocycles. The van der Waals surface area contributed by atoms with Crippen molar-refractivity contribution in [2.75, 3.05) is 24.4 Å². The molecule has 9 nitrogen and oxygen atoms in total. The summed E-state index contributed by atoms with van der Waals surface area (Å²) in [4.78, 5) is 12.6. The maximum Gasteiger partial charge on any atom is 0.248 e. The van der Waals surface area contributed by atoms with Crippen molar-refractivity contribution >= 4 is 29.3 Å². The number of nitrogens with one attached hydrogen (secondary N) is 2. The number of hydrogen-bond acceptors (Lipinski definition) is 7. The molecule has 10 heteroatoms. The highest BCUT2D eigenvalue weighted by Crippen LogP contribution is 2.41. The van der Waals surface area contributed by atoms with Gasteiger partial charge in [0.2, 0.25) is 11.7 Å².